The highest BCUT2D eigenvalue weighted by Crippen LogP contribution is 2.16. The molecule has 1 aromatic rings. The van der Waals surface area contributed by atoms with E-state index < -0.39 is 0 Å². The van der Waals surface area contributed by atoms with Gasteiger partial charge in [-0.3, -0.25) is 0 Å². The number of nitrogens with zero attached hydrogens (tertiary/aromatic N) is 2. The molecule has 0 heterocycles. The molecule has 0 atom stereocenters. The second kappa shape index (κ2) is 8.24. The van der Waals surface area contributed by atoms with E-state index in [0.717, 1.165) is 24.6 Å². The van der Waals surface area contributed by atoms with Crippen molar-refractivity contribution in [2.24, 2.45) is 10.7 Å². The number of benzene rings is 1. The predicted molar refractivity (Wildman–Crippen MR) is 77.9 cm³/mol. The number of hydrogen-bond donors (Lipinski definition) is 1. The molecular formula is C14H23N3O2. The van der Waals surface area contributed by atoms with Gasteiger partial charge in [-0.25, -0.2) is 4.99 Å². The molecule has 0 aliphatic carbocycles. The largest absolute Gasteiger partial charge is 0.497 e. The van der Waals surface area contributed by atoms with Crippen molar-refractivity contribution in [2.75, 3.05) is 33.4 Å². The maximum absolute atomic E-state index is 5.86. The fourth-order valence-corrected chi connectivity index (χ4v) is 1.64. The average Bonchev–Trinajstić information content (AvgIpc) is 2.45. The van der Waals surface area contributed by atoms with Crippen LogP contribution in [0.25, 0.3) is 0 Å². The Bertz CT molecular complexity index is 386. The molecule has 5 nitrogen and oxygen atoms in total. The molecule has 19 heavy (non-hydrogen) atoms. The van der Waals surface area contributed by atoms with E-state index in [9.17, 15) is 0 Å². The van der Waals surface area contributed by atoms with E-state index in [4.69, 9.17) is 15.2 Å². The second-order valence-corrected chi connectivity index (χ2v) is 3.94. The Morgan fingerprint density at radius 3 is 2.26 bits per heavy atom. The van der Waals surface area contributed by atoms with Crippen LogP contribution in [0.3, 0.4) is 0 Å². The summed E-state index contributed by atoms with van der Waals surface area (Å²) in [6.07, 6.45) is 0. The van der Waals surface area contributed by atoms with Crippen molar-refractivity contribution in [1.82, 2.24) is 4.90 Å². The van der Waals surface area contributed by atoms with Crippen LogP contribution in [0.4, 0.5) is 0 Å². The average molecular weight is 265 g/mol. The molecule has 1 rings (SSSR count). The molecule has 2 N–H and O–H groups in total. The van der Waals surface area contributed by atoms with E-state index in [1.807, 2.05) is 29.2 Å². The first-order valence-electron chi connectivity index (χ1n) is 6.53. The lowest BCUT2D eigenvalue weighted by atomic mass is 10.3. The van der Waals surface area contributed by atoms with Gasteiger partial charge >= 0.3 is 0 Å². The molecule has 0 saturated carbocycles. The van der Waals surface area contributed by atoms with Crippen LogP contribution in [-0.4, -0.2) is 44.2 Å². The van der Waals surface area contributed by atoms with Gasteiger partial charge in [0.2, 0.25) is 0 Å². The highest BCUT2D eigenvalue weighted by atomic mass is 16.5. The first-order valence-corrected chi connectivity index (χ1v) is 6.53. The number of rotatable bonds is 7. The monoisotopic (exact) mass is 265 g/mol. The highest BCUT2D eigenvalue weighted by Gasteiger charge is 2.01. The van der Waals surface area contributed by atoms with E-state index in [0.29, 0.717) is 19.1 Å². The molecule has 0 bridgehead atoms. The molecule has 0 saturated heterocycles. The summed E-state index contributed by atoms with van der Waals surface area (Å²) in [6, 6.07) is 7.47. The first kappa shape index (κ1) is 15.1. The number of hydrogen-bond acceptors (Lipinski definition) is 3. The maximum Gasteiger partial charge on any atom is 0.191 e. The first-order chi connectivity index (χ1) is 9.21. The SMILES string of the molecule is CCN(CC)C(N)=NCCOc1ccc(OC)cc1. The van der Waals surface area contributed by atoms with Gasteiger partial charge in [-0.1, -0.05) is 0 Å². The highest BCUT2D eigenvalue weighted by molar-refractivity contribution is 5.77. The Kier molecular flexibility index (Phi) is 6.57. The summed E-state index contributed by atoms with van der Waals surface area (Å²) < 4.78 is 10.6. The summed E-state index contributed by atoms with van der Waals surface area (Å²) in [4.78, 5) is 6.29. The Balaban J connectivity index is 2.35. The van der Waals surface area contributed by atoms with E-state index >= 15 is 0 Å². The Labute approximate surface area is 115 Å². The molecule has 106 valence electrons. The van der Waals surface area contributed by atoms with Gasteiger partial charge in [0.1, 0.15) is 18.1 Å². The number of ether oxygens (including phenoxy) is 2. The third-order valence-electron chi connectivity index (χ3n) is 2.78. The van der Waals surface area contributed by atoms with Gasteiger partial charge in [0, 0.05) is 13.1 Å². The number of nitrogens with two attached hydrogens (primary N) is 1. The van der Waals surface area contributed by atoms with Gasteiger partial charge in [-0.2, -0.15) is 0 Å². The lowest BCUT2D eigenvalue weighted by Gasteiger charge is -2.19. The van der Waals surface area contributed by atoms with Gasteiger partial charge in [0.15, 0.2) is 5.96 Å². The number of methoxy groups -OCH3 is 1. The van der Waals surface area contributed by atoms with Crippen molar-refractivity contribution in [2.45, 2.75) is 13.8 Å². The van der Waals surface area contributed by atoms with Crippen LogP contribution in [0.2, 0.25) is 0 Å². The Morgan fingerprint density at radius 1 is 1.16 bits per heavy atom. The van der Waals surface area contributed by atoms with Crippen LogP contribution in [0.5, 0.6) is 11.5 Å². The number of guanidine groups is 1. The quantitative estimate of drug-likeness (QED) is 0.463. The molecule has 1 aromatic carbocycles. The van der Waals surface area contributed by atoms with Crippen molar-refractivity contribution < 1.29 is 9.47 Å². The minimum absolute atomic E-state index is 0.508. The third kappa shape index (κ3) is 5.07. The zero-order valence-electron chi connectivity index (χ0n) is 11.9. The molecule has 0 amide bonds. The topological polar surface area (TPSA) is 60.1 Å². The summed E-state index contributed by atoms with van der Waals surface area (Å²) in [5.41, 5.74) is 5.86. The summed E-state index contributed by atoms with van der Waals surface area (Å²) in [5.74, 6) is 2.19. The van der Waals surface area contributed by atoms with Crippen LogP contribution in [0.1, 0.15) is 13.8 Å². The van der Waals surface area contributed by atoms with Gasteiger partial charge < -0.3 is 20.1 Å². The van der Waals surface area contributed by atoms with Crippen molar-refractivity contribution in [3.63, 3.8) is 0 Å². The fraction of sp³-hybridized carbons (Fsp3) is 0.500. The fourth-order valence-electron chi connectivity index (χ4n) is 1.64. The summed E-state index contributed by atoms with van der Waals surface area (Å²) in [5, 5.41) is 0. The molecular weight excluding hydrogens is 242 g/mol. The molecule has 0 aromatic heterocycles. The third-order valence-corrected chi connectivity index (χ3v) is 2.78. The molecule has 0 aliphatic rings. The van der Waals surface area contributed by atoms with Crippen molar-refractivity contribution >= 4 is 5.96 Å². The lowest BCUT2D eigenvalue weighted by molar-refractivity contribution is 0.326. The van der Waals surface area contributed by atoms with Gasteiger partial charge in [0.25, 0.3) is 0 Å². The van der Waals surface area contributed by atoms with E-state index in [-0.39, 0.29) is 0 Å². The second-order valence-electron chi connectivity index (χ2n) is 3.94. The molecule has 0 radical (unpaired) electrons. The summed E-state index contributed by atoms with van der Waals surface area (Å²) in [7, 11) is 1.64. The molecule has 0 spiro atoms. The predicted octanol–water partition coefficient (Wildman–Crippen LogP) is 1.73. The Hall–Kier alpha value is -1.91. The molecule has 0 fully saturated rings. The van der Waals surface area contributed by atoms with Gasteiger partial charge in [0.05, 0.1) is 13.7 Å². The molecule has 0 unspecified atom stereocenters. The van der Waals surface area contributed by atoms with Crippen molar-refractivity contribution in [3.05, 3.63) is 24.3 Å². The molecule has 0 aliphatic heterocycles. The van der Waals surface area contributed by atoms with Crippen molar-refractivity contribution in [1.29, 1.82) is 0 Å². The summed E-state index contributed by atoms with van der Waals surface area (Å²) >= 11 is 0. The minimum atomic E-state index is 0.508. The maximum atomic E-state index is 5.86. The normalized spacial score (nSPS) is 11.2. The smallest absolute Gasteiger partial charge is 0.191 e. The van der Waals surface area contributed by atoms with Crippen LogP contribution in [0, 0.1) is 0 Å². The van der Waals surface area contributed by atoms with E-state index in [1.54, 1.807) is 7.11 Å². The number of aliphatic imine (C=N–C) groups is 1. The standard InChI is InChI=1S/C14H23N3O2/c1-4-17(5-2)14(15)16-10-11-19-13-8-6-12(18-3)7-9-13/h6-9H,4-5,10-11H2,1-3H3,(H2,15,16). The summed E-state index contributed by atoms with van der Waals surface area (Å²) in [6.45, 7) is 6.90. The van der Waals surface area contributed by atoms with Gasteiger partial charge in [-0.15, -0.1) is 0 Å². The molecule has 5 heteroatoms. The zero-order chi connectivity index (χ0) is 14.1. The zero-order valence-corrected chi connectivity index (χ0v) is 11.9. The Morgan fingerprint density at radius 2 is 1.74 bits per heavy atom. The minimum Gasteiger partial charge on any atom is -0.497 e. The van der Waals surface area contributed by atoms with E-state index in [1.165, 1.54) is 0 Å². The van der Waals surface area contributed by atoms with Crippen LogP contribution in [0.15, 0.2) is 29.3 Å². The van der Waals surface area contributed by atoms with Crippen LogP contribution in [-0.2, 0) is 0 Å². The van der Waals surface area contributed by atoms with Crippen LogP contribution >= 0.6 is 0 Å². The van der Waals surface area contributed by atoms with E-state index in [2.05, 4.69) is 18.8 Å². The van der Waals surface area contributed by atoms with Gasteiger partial charge in [-0.05, 0) is 38.1 Å². The lowest BCUT2D eigenvalue weighted by Crippen LogP contribution is -2.37. The van der Waals surface area contributed by atoms with Crippen LogP contribution < -0.4 is 15.2 Å². The van der Waals surface area contributed by atoms with Crippen molar-refractivity contribution in [3.8, 4) is 11.5 Å².